The van der Waals surface area contributed by atoms with Crippen molar-refractivity contribution < 1.29 is 59.0 Å². The summed E-state index contributed by atoms with van der Waals surface area (Å²) in [6, 6.07) is 8.93. The molecule has 0 spiro atoms. The maximum Gasteiger partial charge on any atom is 0.307 e. The van der Waals surface area contributed by atoms with Gasteiger partial charge in [-0.05, 0) is 35.4 Å². The Bertz CT molecular complexity index is 710. The number of carboxylic acid groups (broad SMARTS) is 2. The van der Waals surface area contributed by atoms with Gasteiger partial charge in [-0.25, -0.2) is 0 Å². The summed E-state index contributed by atoms with van der Waals surface area (Å²) in [6.45, 7) is 0. The van der Waals surface area contributed by atoms with Gasteiger partial charge in [0.2, 0.25) is 0 Å². The van der Waals surface area contributed by atoms with E-state index < -0.39 is 11.9 Å². The molecule has 2 aromatic rings. The van der Waals surface area contributed by atoms with Gasteiger partial charge in [0, 0.05) is 19.5 Å². The minimum Gasteiger partial charge on any atom is -0.504 e. The predicted octanol–water partition coefficient (Wildman–Crippen LogP) is 2.05. The van der Waals surface area contributed by atoms with E-state index in [-0.39, 0.29) is 43.8 Å². The first kappa shape index (κ1) is 24.2. The Morgan fingerprint density at radius 2 is 1.11 bits per heavy atom. The number of hydrogen-bond acceptors (Lipinski definition) is 6. The molecule has 2 aromatic carbocycles. The van der Waals surface area contributed by atoms with Crippen LogP contribution in [0.3, 0.4) is 0 Å². The van der Waals surface area contributed by atoms with Crippen molar-refractivity contribution in [1.82, 2.24) is 0 Å². The fourth-order valence-corrected chi connectivity index (χ4v) is 2.01. The number of phenols is 2. The molecule has 0 saturated carbocycles. The summed E-state index contributed by atoms with van der Waals surface area (Å²) < 4.78 is 9.65. The number of carbonyl (C=O) groups is 2. The number of aromatic hydroxyl groups is 2. The summed E-state index contributed by atoms with van der Waals surface area (Å²) in [5.41, 5.74) is 1.20. The third-order valence-corrected chi connectivity index (χ3v) is 3.20. The fourth-order valence-electron chi connectivity index (χ4n) is 2.01. The van der Waals surface area contributed by atoms with Gasteiger partial charge in [0.25, 0.3) is 0 Å². The summed E-state index contributed by atoms with van der Waals surface area (Å²) in [5, 5.41) is 35.4. The first-order valence-electron chi connectivity index (χ1n) is 7.42. The second-order valence-electron chi connectivity index (χ2n) is 5.15. The summed E-state index contributed by atoms with van der Waals surface area (Å²) in [5.74, 6) is -1.22. The molecule has 0 aromatic heterocycles. The van der Waals surface area contributed by atoms with Gasteiger partial charge >= 0.3 is 11.9 Å². The number of aliphatic carboxylic acids is 2. The van der Waals surface area contributed by atoms with E-state index >= 15 is 0 Å². The Labute approximate surface area is 168 Å². The molecule has 0 amide bonds. The molecule has 2 rings (SSSR count). The van der Waals surface area contributed by atoms with Crippen LogP contribution in [0.15, 0.2) is 36.4 Å². The van der Waals surface area contributed by atoms with Gasteiger partial charge in [0.15, 0.2) is 23.0 Å². The number of hydrogen-bond donors (Lipinski definition) is 4. The Hall–Kier alpha value is -2.80. The number of phenolic OH excluding ortho intramolecular Hbond substituents is 2. The van der Waals surface area contributed by atoms with Crippen LogP contribution in [0.5, 0.6) is 23.0 Å². The summed E-state index contributed by atoms with van der Waals surface area (Å²) >= 11 is 0. The molecule has 27 heavy (non-hydrogen) atoms. The molecule has 0 unspecified atom stereocenters. The Balaban J connectivity index is 0.000000483. The monoisotopic (exact) mass is 428 g/mol. The SMILES string of the molecule is COc1cc(CC(=O)O)ccc1O.COc1cc(CC(=O)O)ccc1O.[Zn]. The molecule has 0 fully saturated rings. The van der Waals surface area contributed by atoms with Gasteiger partial charge < -0.3 is 29.9 Å². The standard InChI is InChI=1S/2C9H10O4.Zn/c2*1-13-8-4-6(5-9(11)12)2-3-7(8)10;/h2*2-4,10H,5H2,1H3,(H,11,12);. The number of rotatable bonds is 6. The van der Waals surface area contributed by atoms with E-state index in [1.807, 2.05) is 0 Å². The molecule has 9 heteroatoms. The number of carboxylic acids is 2. The molecule has 4 N–H and O–H groups in total. The third kappa shape index (κ3) is 8.42. The minimum atomic E-state index is -0.909. The molecule has 0 saturated heterocycles. The Morgan fingerprint density at radius 1 is 0.778 bits per heavy atom. The van der Waals surface area contributed by atoms with Crippen LogP contribution in [0, 0.1) is 0 Å². The molecule has 0 bridgehead atoms. The fraction of sp³-hybridized carbons (Fsp3) is 0.222. The van der Waals surface area contributed by atoms with E-state index in [1.54, 1.807) is 12.1 Å². The number of methoxy groups -OCH3 is 2. The van der Waals surface area contributed by atoms with E-state index in [9.17, 15) is 19.8 Å². The molecule has 8 nitrogen and oxygen atoms in total. The van der Waals surface area contributed by atoms with Crippen molar-refractivity contribution in [2.24, 2.45) is 0 Å². The average molecular weight is 430 g/mol. The first-order chi connectivity index (χ1) is 12.3. The zero-order valence-electron chi connectivity index (χ0n) is 15.0. The van der Waals surface area contributed by atoms with Crippen LogP contribution in [-0.4, -0.2) is 46.6 Å². The van der Waals surface area contributed by atoms with Crippen molar-refractivity contribution in [2.75, 3.05) is 14.2 Å². The van der Waals surface area contributed by atoms with Crippen molar-refractivity contribution >= 4 is 11.9 Å². The van der Waals surface area contributed by atoms with Crippen LogP contribution in [0.1, 0.15) is 11.1 Å². The summed E-state index contributed by atoms with van der Waals surface area (Å²) in [6.07, 6.45) is -0.146. The van der Waals surface area contributed by atoms with Gasteiger partial charge in [-0.3, -0.25) is 9.59 Å². The molecule has 0 radical (unpaired) electrons. The van der Waals surface area contributed by atoms with E-state index in [0.29, 0.717) is 22.6 Å². The molecule has 0 heterocycles. The van der Waals surface area contributed by atoms with Gasteiger partial charge in [0.1, 0.15) is 0 Å². The Kier molecular flexibility index (Phi) is 10.5. The molecule has 142 valence electrons. The van der Waals surface area contributed by atoms with E-state index in [4.69, 9.17) is 19.7 Å². The van der Waals surface area contributed by atoms with Crippen LogP contribution < -0.4 is 9.47 Å². The molecule has 0 aliphatic heterocycles. The average Bonchev–Trinajstić information content (AvgIpc) is 2.58. The van der Waals surface area contributed by atoms with Crippen LogP contribution in [-0.2, 0) is 41.9 Å². The van der Waals surface area contributed by atoms with Gasteiger partial charge in [0.05, 0.1) is 27.1 Å². The third-order valence-electron chi connectivity index (χ3n) is 3.20. The molecule has 0 aliphatic carbocycles. The second kappa shape index (κ2) is 11.7. The normalized spacial score (nSPS) is 9.26. The van der Waals surface area contributed by atoms with Crippen LogP contribution in [0.4, 0.5) is 0 Å². The largest absolute Gasteiger partial charge is 0.504 e. The molecule has 0 atom stereocenters. The predicted molar refractivity (Wildman–Crippen MR) is 92.0 cm³/mol. The van der Waals surface area contributed by atoms with Gasteiger partial charge in [-0.1, -0.05) is 12.1 Å². The minimum absolute atomic E-state index is 0. The summed E-state index contributed by atoms with van der Waals surface area (Å²) in [7, 11) is 2.83. The van der Waals surface area contributed by atoms with Crippen LogP contribution in [0.2, 0.25) is 0 Å². The quantitative estimate of drug-likeness (QED) is 0.513. The van der Waals surface area contributed by atoms with Crippen LogP contribution in [0.25, 0.3) is 0 Å². The zero-order valence-corrected chi connectivity index (χ0v) is 18.0. The van der Waals surface area contributed by atoms with E-state index in [2.05, 4.69) is 0 Å². The Morgan fingerprint density at radius 3 is 1.37 bits per heavy atom. The van der Waals surface area contributed by atoms with Crippen molar-refractivity contribution in [3.63, 3.8) is 0 Å². The van der Waals surface area contributed by atoms with Crippen molar-refractivity contribution in [3.05, 3.63) is 47.5 Å². The van der Waals surface area contributed by atoms with Gasteiger partial charge in [-0.15, -0.1) is 0 Å². The van der Waals surface area contributed by atoms with E-state index in [0.717, 1.165) is 0 Å². The second-order valence-corrected chi connectivity index (χ2v) is 5.15. The van der Waals surface area contributed by atoms with Crippen LogP contribution >= 0.6 is 0 Å². The van der Waals surface area contributed by atoms with Crippen molar-refractivity contribution in [1.29, 1.82) is 0 Å². The number of benzene rings is 2. The van der Waals surface area contributed by atoms with Crippen molar-refractivity contribution in [3.8, 4) is 23.0 Å². The molecule has 0 aliphatic rings. The smallest absolute Gasteiger partial charge is 0.307 e. The van der Waals surface area contributed by atoms with Gasteiger partial charge in [-0.2, -0.15) is 0 Å². The topological polar surface area (TPSA) is 134 Å². The maximum absolute atomic E-state index is 10.3. The maximum atomic E-state index is 10.3. The summed E-state index contributed by atoms with van der Waals surface area (Å²) in [4.78, 5) is 20.7. The first-order valence-corrected chi connectivity index (χ1v) is 7.42. The number of ether oxygens (including phenoxy) is 2. The van der Waals surface area contributed by atoms with E-state index in [1.165, 1.54) is 38.5 Å². The van der Waals surface area contributed by atoms with Crippen molar-refractivity contribution in [2.45, 2.75) is 12.8 Å². The zero-order chi connectivity index (χ0) is 19.7. The molecular weight excluding hydrogens is 410 g/mol. The molecular formula is C18H20O8Zn.